The molecule has 1 radical (unpaired) electrons. The third-order valence-corrected chi connectivity index (χ3v) is 6.41. The van der Waals surface area contributed by atoms with Crippen molar-refractivity contribution in [2.75, 3.05) is 44.4 Å². The molecule has 0 unspecified atom stereocenters. The molecule has 3 N–H and O–H groups in total. The molecule has 1 fully saturated rings. The molecule has 2 aromatic carbocycles. The summed E-state index contributed by atoms with van der Waals surface area (Å²) in [6, 6.07) is 14.4. The van der Waals surface area contributed by atoms with Crippen LogP contribution in [-0.2, 0) is 23.8 Å². The van der Waals surface area contributed by atoms with Crippen molar-refractivity contribution in [1.82, 2.24) is 5.32 Å². The fourth-order valence-corrected chi connectivity index (χ4v) is 4.46. The van der Waals surface area contributed by atoms with Crippen molar-refractivity contribution in [3.63, 3.8) is 0 Å². The maximum atomic E-state index is 12.4. The molecule has 11 heteroatoms. The molecule has 0 saturated carbocycles. The van der Waals surface area contributed by atoms with E-state index in [-0.39, 0.29) is 37.9 Å². The molecule has 0 aromatic heterocycles. The average Bonchev–Trinajstić information content (AvgIpc) is 2.94. The summed E-state index contributed by atoms with van der Waals surface area (Å²) in [5, 5.41) is 15.0. The second-order valence-corrected chi connectivity index (χ2v) is 11.4. The number of ether oxygens (including phenoxy) is 3. The predicted molar refractivity (Wildman–Crippen MR) is 164 cm³/mol. The van der Waals surface area contributed by atoms with E-state index in [0.717, 1.165) is 29.4 Å². The summed E-state index contributed by atoms with van der Waals surface area (Å²) in [5.41, 5.74) is 6.34. The van der Waals surface area contributed by atoms with Crippen LogP contribution in [0.15, 0.2) is 42.0 Å². The Bertz CT molecular complexity index is 1260. The fourth-order valence-electron chi connectivity index (χ4n) is 4.11. The van der Waals surface area contributed by atoms with Crippen molar-refractivity contribution in [2.24, 2.45) is 5.73 Å². The van der Waals surface area contributed by atoms with E-state index in [2.05, 4.69) is 49.2 Å². The zero-order valence-electron chi connectivity index (χ0n) is 24.6. The van der Waals surface area contributed by atoms with Gasteiger partial charge < -0.3 is 15.4 Å². The molecule has 0 aliphatic carbocycles. The molecule has 1 saturated heterocycles. The summed E-state index contributed by atoms with van der Waals surface area (Å²) in [5.74, 6) is -0.715. The number of rotatable bonds is 11. The Kier molecular flexibility index (Phi) is 14.9. The Morgan fingerprint density at radius 1 is 1.05 bits per heavy atom. The molecule has 227 valence electrons. The van der Waals surface area contributed by atoms with Crippen LogP contribution in [0.25, 0.3) is 16.8 Å². The Hall–Kier alpha value is -3.58. The van der Waals surface area contributed by atoms with E-state index in [1.807, 2.05) is 24.3 Å². The van der Waals surface area contributed by atoms with E-state index < -0.39 is 17.6 Å². The van der Waals surface area contributed by atoms with E-state index in [4.69, 9.17) is 15.2 Å². The summed E-state index contributed by atoms with van der Waals surface area (Å²) in [7, 11) is 0. The van der Waals surface area contributed by atoms with Gasteiger partial charge in [-0.1, -0.05) is 18.2 Å². The van der Waals surface area contributed by atoms with Gasteiger partial charge >= 0.3 is 102 Å². The van der Waals surface area contributed by atoms with Gasteiger partial charge in [-0.15, -0.1) is 0 Å². The number of benzene rings is 2. The van der Waals surface area contributed by atoms with Crippen molar-refractivity contribution >= 4 is 56.5 Å². The van der Waals surface area contributed by atoms with E-state index in [9.17, 15) is 19.6 Å². The molecule has 1 heterocycles. The van der Waals surface area contributed by atoms with Crippen LogP contribution in [-0.4, -0.2) is 79.0 Å². The van der Waals surface area contributed by atoms with Crippen LogP contribution in [0.1, 0.15) is 52.0 Å². The molecule has 2 amide bonds. The topological polar surface area (TPSA) is 144 Å². The van der Waals surface area contributed by atoms with Crippen LogP contribution >= 0.6 is 0 Å². The second-order valence-electron chi connectivity index (χ2n) is 10.6. The van der Waals surface area contributed by atoms with Gasteiger partial charge in [-0.05, 0) is 80.6 Å². The van der Waals surface area contributed by atoms with Crippen LogP contribution in [0.5, 0.6) is 0 Å². The number of nitrogens with one attached hydrogen (secondary N) is 1. The number of amides is 2. The second kappa shape index (κ2) is 18.1. The Morgan fingerprint density at radius 2 is 1.74 bits per heavy atom. The van der Waals surface area contributed by atoms with Crippen molar-refractivity contribution < 1.29 is 28.6 Å². The Balaban J connectivity index is 0.000000675. The van der Waals surface area contributed by atoms with Gasteiger partial charge in [0.25, 0.3) is 0 Å². The van der Waals surface area contributed by atoms with Gasteiger partial charge in [-0.25, -0.2) is 4.79 Å². The van der Waals surface area contributed by atoms with Crippen molar-refractivity contribution in [3.8, 4) is 6.07 Å². The number of nitrogens with zero attached hydrogens (tertiary/aromatic N) is 2. The number of carbonyl (C=O) groups excluding carboxylic acids is 3. The molecule has 0 bridgehead atoms. The molecule has 42 heavy (non-hydrogen) atoms. The molecule has 3 rings (SSSR count). The number of hydrogen-bond acceptors (Lipinski definition) is 8. The monoisotopic (exact) mass is 645 g/mol. The quantitative estimate of drug-likeness (QED) is 0.121. The molecular weight excluding hydrogens is 603 g/mol. The fraction of sp³-hybridized carbons (Fsp3) is 0.484. The normalized spacial score (nSPS) is 13.4. The summed E-state index contributed by atoms with van der Waals surface area (Å²) in [6.45, 7) is 8.44. The maximum absolute atomic E-state index is 12.4. The van der Waals surface area contributed by atoms with E-state index in [1.54, 1.807) is 26.8 Å². The number of esters is 1. The number of hydrogen-bond donors (Lipinski definition) is 2. The Morgan fingerprint density at radius 3 is 2.36 bits per heavy atom. The zero-order valence-corrected chi connectivity index (χ0v) is 26.4. The average molecular weight is 645 g/mol. The first kappa shape index (κ1) is 34.6. The van der Waals surface area contributed by atoms with Gasteiger partial charge in [0.1, 0.15) is 11.7 Å². The van der Waals surface area contributed by atoms with Crippen molar-refractivity contribution in [2.45, 2.75) is 57.4 Å². The first-order valence-corrected chi connectivity index (χ1v) is 15.2. The predicted octanol–water partition coefficient (Wildman–Crippen LogP) is 4.27. The number of fused-ring (bicyclic) bond motifs is 1. The summed E-state index contributed by atoms with van der Waals surface area (Å²) < 4.78 is 14.9. The number of anilines is 1. The number of nitriles is 1. The molecule has 2 aromatic rings. The summed E-state index contributed by atoms with van der Waals surface area (Å²) in [4.78, 5) is 36.1. The van der Waals surface area contributed by atoms with Gasteiger partial charge in [0.05, 0.1) is 0 Å². The SMILES string of the molecule is CC(C)(C)OC(N)=O.N#C/C(=C\c1ccc2cc(N3CCCCC3)ccc2c1)C(=O)NCCOCCOC(=O)CC[Se]. The zero-order chi connectivity index (χ0) is 31.0. The summed E-state index contributed by atoms with van der Waals surface area (Å²) >= 11 is 2.75. The third-order valence-electron chi connectivity index (χ3n) is 5.98. The standard InChI is InChI=1S/C26H30N3O4Se.C5H11NO2/c27-19-23(26(31)28-9-12-32-13-14-33-25(30)8-15-34)17-20-4-5-22-18-24(7-6-21(22)16-20)29-10-2-1-3-11-29;1-5(2,3)8-4(6)7/h4-7,16-18H,1-3,8-15H2,(H,28,31);1-3H3,(H2,6,7)/b23-17+;. The minimum atomic E-state index is -0.725. The number of primary amides is 1. The molecule has 0 spiro atoms. The van der Waals surface area contributed by atoms with Crippen LogP contribution in [0.2, 0.25) is 5.32 Å². The van der Waals surface area contributed by atoms with Gasteiger partial charge in [0, 0.05) is 18.8 Å². The van der Waals surface area contributed by atoms with E-state index in [1.165, 1.54) is 24.9 Å². The van der Waals surface area contributed by atoms with Crippen molar-refractivity contribution in [3.05, 3.63) is 47.5 Å². The molecule has 1 aliphatic heterocycles. The number of nitrogens with two attached hydrogens (primary N) is 1. The number of piperidine rings is 1. The summed E-state index contributed by atoms with van der Waals surface area (Å²) in [6.07, 6.45) is 4.99. The van der Waals surface area contributed by atoms with E-state index >= 15 is 0 Å². The van der Waals surface area contributed by atoms with Gasteiger partial charge in [-0.2, -0.15) is 5.26 Å². The van der Waals surface area contributed by atoms with Gasteiger partial charge in [0.2, 0.25) is 0 Å². The van der Waals surface area contributed by atoms with Crippen molar-refractivity contribution in [1.29, 1.82) is 5.26 Å². The molecule has 10 nitrogen and oxygen atoms in total. The Labute approximate surface area is 256 Å². The minimum absolute atomic E-state index is 0.0367. The van der Waals surface area contributed by atoms with Crippen LogP contribution < -0.4 is 16.0 Å². The van der Waals surface area contributed by atoms with Gasteiger partial charge in [-0.3, -0.25) is 0 Å². The first-order valence-electron chi connectivity index (χ1n) is 14.0. The van der Waals surface area contributed by atoms with Crippen LogP contribution in [0, 0.1) is 11.3 Å². The van der Waals surface area contributed by atoms with Crippen LogP contribution in [0.4, 0.5) is 10.5 Å². The molecule has 0 atom stereocenters. The third kappa shape index (κ3) is 13.4. The molecular formula is C31H41N4O6Se. The number of carbonyl (C=O) groups is 3. The van der Waals surface area contributed by atoms with E-state index in [0.29, 0.717) is 11.7 Å². The molecule has 1 aliphatic rings. The first-order chi connectivity index (χ1) is 20.0. The van der Waals surface area contributed by atoms with Gasteiger partial charge in [0.15, 0.2) is 0 Å². The van der Waals surface area contributed by atoms with Crippen LogP contribution in [0.3, 0.4) is 0 Å².